The van der Waals surface area contributed by atoms with E-state index < -0.39 is 0 Å². The molecule has 2 saturated heterocycles. The van der Waals surface area contributed by atoms with E-state index in [2.05, 4.69) is 16.0 Å². The third kappa shape index (κ3) is 3.36. The molecule has 3 heterocycles. The number of aliphatic hydroxyl groups excluding tert-OH is 1. The summed E-state index contributed by atoms with van der Waals surface area (Å²) in [5.74, 6) is 0.889. The molecule has 116 valence electrons. The molecule has 2 aliphatic rings. The van der Waals surface area contributed by atoms with Crippen LogP contribution in [0.4, 0.5) is 0 Å². The van der Waals surface area contributed by atoms with Crippen LogP contribution < -0.4 is 4.74 Å². The van der Waals surface area contributed by atoms with Gasteiger partial charge in [0.1, 0.15) is 0 Å². The first kappa shape index (κ1) is 14.8. The van der Waals surface area contributed by atoms with Crippen molar-refractivity contribution in [2.24, 2.45) is 5.92 Å². The molecule has 2 aliphatic heterocycles. The molecule has 21 heavy (non-hydrogen) atoms. The molecule has 5 heteroatoms. The lowest BCUT2D eigenvalue weighted by atomic mass is 9.89. The van der Waals surface area contributed by atoms with E-state index in [1.165, 1.54) is 12.0 Å². The molecule has 2 fully saturated rings. The Hall–Kier alpha value is -1.17. The van der Waals surface area contributed by atoms with Gasteiger partial charge in [0, 0.05) is 37.4 Å². The Bertz CT molecular complexity index is 451. The number of hydrogen-bond donors (Lipinski definition) is 1. The number of nitrogens with zero attached hydrogens (tertiary/aromatic N) is 2. The number of pyridine rings is 1. The number of methoxy groups -OCH3 is 1. The summed E-state index contributed by atoms with van der Waals surface area (Å²) in [6, 6.07) is 4.39. The van der Waals surface area contributed by atoms with Crippen LogP contribution in [-0.4, -0.2) is 54.0 Å². The second-order valence-electron chi connectivity index (χ2n) is 5.98. The highest BCUT2D eigenvalue weighted by Crippen LogP contribution is 2.30. The summed E-state index contributed by atoms with van der Waals surface area (Å²) in [6.45, 7) is 3.33. The van der Waals surface area contributed by atoms with Gasteiger partial charge in [-0.15, -0.1) is 0 Å². The van der Waals surface area contributed by atoms with Gasteiger partial charge in [-0.3, -0.25) is 4.90 Å². The number of hydrogen-bond acceptors (Lipinski definition) is 5. The van der Waals surface area contributed by atoms with Crippen LogP contribution in [0.2, 0.25) is 0 Å². The van der Waals surface area contributed by atoms with E-state index in [0.29, 0.717) is 25.1 Å². The van der Waals surface area contributed by atoms with Crippen LogP contribution in [0.15, 0.2) is 18.3 Å². The van der Waals surface area contributed by atoms with E-state index in [0.717, 1.165) is 25.9 Å². The lowest BCUT2D eigenvalue weighted by Crippen LogP contribution is -2.45. The van der Waals surface area contributed by atoms with Gasteiger partial charge in [-0.05, 0) is 31.4 Å². The Balaban J connectivity index is 1.65. The summed E-state index contributed by atoms with van der Waals surface area (Å²) in [5, 5.41) is 10.2. The topological polar surface area (TPSA) is 54.8 Å². The van der Waals surface area contributed by atoms with Crippen molar-refractivity contribution in [2.45, 2.75) is 38.0 Å². The fourth-order valence-corrected chi connectivity index (χ4v) is 3.51. The highest BCUT2D eigenvalue weighted by atomic mass is 16.5. The Labute approximate surface area is 125 Å². The summed E-state index contributed by atoms with van der Waals surface area (Å²) in [7, 11) is 1.63. The minimum Gasteiger partial charge on any atom is -0.481 e. The maximum atomic E-state index is 10.2. The summed E-state index contributed by atoms with van der Waals surface area (Å²) in [4.78, 5) is 6.73. The molecule has 1 aromatic heterocycles. The first-order chi connectivity index (χ1) is 10.3. The van der Waals surface area contributed by atoms with Crippen molar-refractivity contribution in [1.82, 2.24) is 9.88 Å². The summed E-state index contributed by atoms with van der Waals surface area (Å²) >= 11 is 0. The van der Waals surface area contributed by atoms with E-state index in [1.54, 1.807) is 7.11 Å². The molecule has 3 rings (SSSR count). The van der Waals surface area contributed by atoms with E-state index in [4.69, 9.17) is 9.47 Å². The average molecular weight is 292 g/mol. The molecule has 0 aliphatic carbocycles. The lowest BCUT2D eigenvalue weighted by molar-refractivity contribution is -0.0636. The summed E-state index contributed by atoms with van der Waals surface area (Å²) < 4.78 is 10.7. The summed E-state index contributed by atoms with van der Waals surface area (Å²) in [6.07, 6.45) is 4.76. The van der Waals surface area contributed by atoms with Crippen LogP contribution in [0, 0.1) is 5.92 Å². The zero-order valence-electron chi connectivity index (χ0n) is 12.6. The van der Waals surface area contributed by atoms with Gasteiger partial charge in [0.15, 0.2) is 0 Å². The molecule has 3 atom stereocenters. The summed E-state index contributed by atoms with van der Waals surface area (Å²) in [5.41, 5.74) is 1.19. The van der Waals surface area contributed by atoms with Crippen LogP contribution in [0.25, 0.3) is 0 Å². The van der Waals surface area contributed by atoms with Crippen molar-refractivity contribution in [3.8, 4) is 5.88 Å². The third-order valence-corrected chi connectivity index (χ3v) is 4.66. The van der Waals surface area contributed by atoms with Crippen LogP contribution in [0.3, 0.4) is 0 Å². The first-order valence-electron chi connectivity index (χ1n) is 7.76. The molecule has 0 aromatic carbocycles. The number of rotatable bonds is 4. The normalized spacial score (nSPS) is 30.5. The molecule has 0 bridgehead atoms. The maximum Gasteiger partial charge on any atom is 0.212 e. The number of ether oxygens (including phenoxy) is 2. The number of aromatic nitrogens is 1. The van der Waals surface area contributed by atoms with Crippen LogP contribution in [0.5, 0.6) is 5.88 Å². The van der Waals surface area contributed by atoms with Gasteiger partial charge in [0.05, 0.1) is 19.8 Å². The molecule has 0 saturated carbocycles. The zero-order chi connectivity index (χ0) is 14.7. The van der Waals surface area contributed by atoms with Gasteiger partial charge in [-0.2, -0.15) is 0 Å². The van der Waals surface area contributed by atoms with Gasteiger partial charge < -0.3 is 14.6 Å². The highest BCUT2D eigenvalue weighted by Gasteiger charge is 2.37. The van der Waals surface area contributed by atoms with E-state index in [9.17, 15) is 5.11 Å². The van der Waals surface area contributed by atoms with Gasteiger partial charge in [-0.25, -0.2) is 4.98 Å². The molecule has 0 amide bonds. The number of likely N-dealkylation sites (tertiary alicyclic amines) is 1. The maximum absolute atomic E-state index is 10.2. The molecule has 1 N–H and O–H groups in total. The fourth-order valence-electron chi connectivity index (χ4n) is 3.51. The Morgan fingerprint density at radius 1 is 1.43 bits per heavy atom. The quantitative estimate of drug-likeness (QED) is 0.910. The van der Waals surface area contributed by atoms with Crippen molar-refractivity contribution in [2.75, 3.05) is 26.9 Å². The standard InChI is InChI=1S/C16H24N2O3/c1-20-16-5-4-12(9-17-16)10-18-7-2-3-14(18)13-11-21-8-6-15(13)19/h4-5,9,13-15,19H,2-3,6-8,10-11H2,1H3/t13-,14+,15-/m0/s1. The van der Waals surface area contributed by atoms with Crippen LogP contribution in [0.1, 0.15) is 24.8 Å². The second-order valence-corrected chi connectivity index (χ2v) is 5.98. The van der Waals surface area contributed by atoms with Crippen LogP contribution >= 0.6 is 0 Å². The van der Waals surface area contributed by atoms with Crippen molar-refractivity contribution in [1.29, 1.82) is 0 Å². The molecule has 0 unspecified atom stereocenters. The minimum atomic E-state index is -0.224. The molecule has 1 aromatic rings. The van der Waals surface area contributed by atoms with E-state index >= 15 is 0 Å². The molecular formula is C16H24N2O3. The van der Waals surface area contributed by atoms with Crippen LogP contribution in [-0.2, 0) is 11.3 Å². The highest BCUT2D eigenvalue weighted by molar-refractivity contribution is 5.18. The third-order valence-electron chi connectivity index (χ3n) is 4.66. The van der Waals surface area contributed by atoms with Gasteiger partial charge in [-0.1, -0.05) is 6.07 Å². The molecule has 5 nitrogen and oxygen atoms in total. The SMILES string of the molecule is COc1ccc(CN2CCC[C@@H]2[C@@H]2COCC[C@@H]2O)cn1. The van der Waals surface area contributed by atoms with Gasteiger partial charge in [0.2, 0.25) is 5.88 Å². The predicted molar refractivity (Wildman–Crippen MR) is 79.2 cm³/mol. The van der Waals surface area contributed by atoms with Crippen molar-refractivity contribution >= 4 is 0 Å². The average Bonchev–Trinajstić information content (AvgIpc) is 2.96. The number of aliphatic hydroxyl groups is 1. The predicted octanol–water partition coefficient (Wildman–Crippen LogP) is 1.45. The van der Waals surface area contributed by atoms with E-state index in [1.807, 2.05) is 12.3 Å². The fraction of sp³-hybridized carbons (Fsp3) is 0.688. The van der Waals surface area contributed by atoms with Gasteiger partial charge in [0.25, 0.3) is 0 Å². The van der Waals surface area contributed by atoms with Crippen molar-refractivity contribution < 1.29 is 14.6 Å². The Morgan fingerprint density at radius 2 is 2.33 bits per heavy atom. The molecule has 0 radical (unpaired) electrons. The lowest BCUT2D eigenvalue weighted by Gasteiger charge is -2.37. The minimum absolute atomic E-state index is 0.224. The van der Waals surface area contributed by atoms with Crippen molar-refractivity contribution in [3.05, 3.63) is 23.9 Å². The van der Waals surface area contributed by atoms with Gasteiger partial charge >= 0.3 is 0 Å². The van der Waals surface area contributed by atoms with E-state index in [-0.39, 0.29) is 12.0 Å². The van der Waals surface area contributed by atoms with Crippen molar-refractivity contribution in [3.63, 3.8) is 0 Å². The molecular weight excluding hydrogens is 268 g/mol. The first-order valence-corrected chi connectivity index (χ1v) is 7.76. The molecule has 0 spiro atoms. The Kier molecular flexibility index (Phi) is 4.73. The largest absolute Gasteiger partial charge is 0.481 e. The second kappa shape index (κ2) is 6.73. The zero-order valence-corrected chi connectivity index (χ0v) is 12.6. The Morgan fingerprint density at radius 3 is 3.05 bits per heavy atom. The smallest absolute Gasteiger partial charge is 0.212 e. The monoisotopic (exact) mass is 292 g/mol.